The topological polar surface area (TPSA) is 147 Å². The zero-order valence-electron chi connectivity index (χ0n) is 7.54. The molecule has 0 aliphatic carbocycles. The maximum Gasteiger partial charge on any atom is 0.402 e. The number of rotatable bonds is 1. The lowest BCUT2D eigenvalue weighted by Gasteiger charge is -1.98. The van der Waals surface area contributed by atoms with E-state index in [9.17, 15) is 4.79 Å². The summed E-state index contributed by atoms with van der Waals surface area (Å²) in [6.07, 6.45) is -1.33. The molecular formula is C8H10N2O5. The highest BCUT2D eigenvalue weighted by molar-refractivity contribution is 5.91. The number of nitrogen functional groups attached to an aromatic ring is 1. The molecule has 0 fully saturated rings. The number of aromatic carboxylic acids is 1. The van der Waals surface area contributed by atoms with Gasteiger partial charge in [-0.05, 0) is 12.1 Å². The number of hydrogen-bond acceptors (Lipinski definition) is 4. The number of amides is 1. The van der Waals surface area contributed by atoms with Gasteiger partial charge in [-0.2, -0.15) is 0 Å². The Morgan fingerprint density at radius 1 is 1.20 bits per heavy atom. The Kier molecular flexibility index (Phi) is 4.46. The van der Waals surface area contributed by atoms with E-state index < -0.39 is 12.1 Å². The van der Waals surface area contributed by atoms with E-state index in [1.165, 1.54) is 18.2 Å². The van der Waals surface area contributed by atoms with Crippen molar-refractivity contribution in [1.82, 2.24) is 0 Å². The summed E-state index contributed by atoms with van der Waals surface area (Å²) in [6.45, 7) is 0. The number of hydrogen-bond donors (Lipinski definition) is 5. The highest BCUT2D eigenvalue weighted by Gasteiger charge is 2.07. The van der Waals surface area contributed by atoms with Crippen molar-refractivity contribution >= 4 is 17.7 Å². The number of anilines is 1. The molecule has 0 aromatic heterocycles. The van der Waals surface area contributed by atoms with Crippen LogP contribution in [-0.2, 0) is 0 Å². The fraction of sp³-hybridized carbons (Fsp3) is 0. The SMILES string of the molecule is NC(=O)O.Nc1ccc(C(=O)O)c(O)c1. The van der Waals surface area contributed by atoms with Crippen molar-refractivity contribution in [3.8, 4) is 5.75 Å². The van der Waals surface area contributed by atoms with E-state index >= 15 is 0 Å². The molecule has 0 bridgehead atoms. The van der Waals surface area contributed by atoms with Gasteiger partial charge in [-0.1, -0.05) is 0 Å². The van der Waals surface area contributed by atoms with E-state index in [-0.39, 0.29) is 11.3 Å². The van der Waals surface area contributed by atoms with Crippen molar-refractivity contribution in [2.45, 2.75) is 0 Å². The van der Waals surface area contributed by atoms with E-state index in [0.29, 0.717) is 5.69 Å². The van der Waals surface area contributed by atoms with E-state index in [4.69, 9.17) is 25.8 Å². The normalized spacial score (nSPS) is 8.53. The third-order valence-corrected chi connectivity index (χ3v) is 1.25. The number of carboxylic acids is 1. The number of aromatic hydroxyl groups is 1. The van der Waals surface area contributed by atoms with Crippen molar-refractivity contribution in [2.75, 3.05) is 5.73 Å². The van der Waals surface area contributed by atoms with Crippen LogP contribution in [0.3, 0.4) is 0 Å². The second-order valence-electron chi connectivity index (χ2n) is 2.42. The number of primary amides is 1. The summed E-state index contributed by atoms with van der Waals surface area (Å²) < 4.78 is 0. The Morgan fingerprint density at radius 2 is 1.67 bits per heavy atom. The fourth-order valence-electron chi connectivity index (χ4n) is 0.730. The molecule has 15 heavy (non-hydrogen) atoms. The number of carbonyl (C=O) groups is 2. The van der Waals surface area contributed by atoms with Gasteiger partial charge in [0.05, 0.1) is 0 Å². The van der Waals surface area contributed by atoms with Crippen molar-refractivity contribution in [3.05, 3.63) is 23.8 Å². The van der Waals surface area contributed by atoms with Gasteiger partial charge in [0.25, 0.3) is 0 Å². The molecule has 0 atom stereocenters. The van der Waals surface area contributed by atoms with Crippen LogP contribution in [0.25, 0.3) is 0 Å². The first-order valence-corrected chi connectivity index (χ1v) is 3.64. The molecule has 0 aliphatic heterocycles. The summed E-state index contributed by atoms with van der Waals surface area (Å²) in [4.78, 5) is 19.1. The third-order valence-electron chi connectivity index (χ3n) is 1.25. The molecule has 7 nitrogen and oxygen atoms in total. The van der Waals surface area contributed by atoms with E-state index in [2.05, 4.69) is 5.73 Å². The number of phenols is 1. The molecule has 1 aromatic carbocycles. The van der Waals surface area contributed by atoms with Gasteiger partial charge in [0, 0.05) is 11.8 Å². The first-order valence-electron chi connectivity index (χ1n) is 3.64. The van der Waals surface area contributed by atoms with Gasteiger partial charge in [-0.3, -0.25) is 0 Å². The minimum absolute atomic E-state index is 0.140. The third kappa shape index (κ3) is 4.98. The van der Waals surface area contributed by atoms with Gasteiger partial charge in [0.2, 0.25) is 0 Å². The standard InChI is InChI=1S/C7H7NO3.CH3NO2/c8-4-1-2-5(7(10)11)6(9)3-4;2-1(3)4/h1-3,9H,8H2,(H,10,11);2H2,(H,3,4). The van der Waals surface area contributed by atoms with E-state index in [0.717, 1.165) is 0 Å². The zero-order chi connectivity index (χ0) is 12.0. The first-order chi connectivity index (χ1) is 6.84. The zero-order valence-corrected chi connectivity index (χ0v) is 7.54. The average Bonchev–Trinajstić information content (AvgIpc) is 2.01. The Hall–Kier alpha value is -2.44. The molecule has 0 radical (unpaired) electrons. The molecule has 0 unspecified atom stereocenters. The summed E-state index contributed by atoms with van der Waals surface area (Å²) in [5.74, 6) is -1.47. The minimum Gasteiger partial charge on any atom is -0.507 e. The lowest BCUT2D eigenvalue weighted by molar-refractivity contribution is 0.0693. The average molecular weight is 214 g/mol. The Labute approximate surface area is 84.6 Å². The van der Waals surface area contributed by atoms with Gasteiger partial charge < -0.3 is 26.8 Å². The highest BCUT2D eigenvalue weighted by Crippen LogP contribution is 2.19. The summed E-state index contributed by atoms with van der Waals surface area (Å²) in [7, 11) is 0. The molecule has 0 spiro atoms. The smallest absolute Gasteiger partial charge is 0.402 e. The number of carboxylic acid groups (broad SMARTS) is 2. The molecular weight excluding hydrogens is 204 g/mol. The van der Waals surface area contributed by atoms with Crippen molar-refractivity contribution in [2.24, 2.45) is 5.73 Å². The first kappa shape index (κ1) is 12.6. The van der Waals surface area contributed by atoms with Crippen LogP contribution >= 0.6 is 0 Å². The number of nitrogens with two attached hydrogens (primary N) is 2. The second kappa shape index (κ2) is 5.32. The van der Waals surface area contributed by atoms with Crippen molar-refractivity contribution < 1.29 is 24.9 Å². The van der Waals surface area contributed by atoms with E-state index in [1.54, 1.807) is 0 Å². The van der Waals surface area contributed by atoms with Crippen LogP contribution in [0.2, 0.25) is 0 Å². The Bertz CT molecular complexity index is 373. The van der Waals surface area contributed by atoms with Crippen molar-refractivity contribution in [1.29, 1.82) is 0 Å². The quantitative estimate of drug-likeness (QED) is 0.424. The van der Waals surface area contributed by atoms with Crippen LogP contribution in [0.4, 0.5) is 10.5 Å². The fourth-order valence-corrected chi connectivity index (χ4v) is 0.730. The Balaban J connectivity index is 0.000000423. The lowest BCUT2D eigenvalue weighted by atomic mass is 10.2. The molecule has 0 aliphatic rings. The predicted molar refractivity (Wildman–Crippen MR) is 51.7 cm³/mol. The lowest BCUT2D eigenvalue weighted by Crippen LogP contribution is -2.03. The second-order valence-corrected chi connectivity index (χ2v) is 2.42. The van der Waals surface area contributed by atoms with Crippen LogP contribution in [0.5, 0.6) is 5.75 Å². The van der Waals surface area contributed by atoms with Gasteiger partial charge in [-0.25, -0.2) is 9.59 Å². The molecule has 1 aromatic rings. The van der Waals surface area contributed by atoms with Gasteiger partial charge in [-0.15, -0.1) is 0 Å². The molecule has 1 amide bonds. The summed E-state index contributed by atoms with van der Waals surface area (Å²) in [6, 6.07) is 3.87. The molecule has 7 N–H and O–H groups in total. The Morgan fingerprint density at radius 3 is 2.00 bits per heavy atom. The molecule has 0 saturated carbocycles. The maximum atomic E-state index is 10.3. The van der Waals surface area contributed by atoms with Crippen LogP contribution in [0.1, 0.15) is 10.4 Å². The summed E-state index contributed by atoms with van der Waals surface area (Å²) >= 11 is 0. The molecule has 82 valence electrons. The van der Waals surface area contributed by atoms with Gasteiger partial charge in [0.1, 0.15) is 11.3 Å². The summed E-state index contributed by atoms with van der Waals surface area (Å²) in [5.41, 5.74) is 9.50. The highest BCUT2D eigenvalue weighted by atomic mass is 16.4. The maximum absolute atomic E-state index is 10.3. The summed E-state index contributed by atoms with van der Waals surface area (Å²) in [5, 5.41) is 24.7. The molecule has 0 saturated heterocycles. The van der Waals surface area contributed by atoms with Crippen molar-refractivity contribution in [3.63, 3.8) is 0 Å². The van der Waals surface area contributed by atoms with Gasteiger partial charge >= 0.3 is 12.1 Å². The molecule has 0 heterocycles. The van der Waals surface area contributed by atoms with E-state index in [1.807, 2.05) is 0 Å². The van der Waals surface area contributed by atoms with Crippen LogP contribution in [0.15, 0.2) is 18.2 Å². The molecule has 1 rings (SSSR count). The minimum atomic E-state index is -1.33. The van der Waals surface area contributed by atoms with Crippen LogP contribution in [-0.4, -0.2) is 27.4 Å². The van der Waals surface area contributed by atoms with Gasteiger partial charge in [0.15, 0.2) is 0 Å². The predicted octanol–water partition coefficient (Wildman–Crippen LogP) is 0.296. The van der Waals surface area contributed by atoms with Crippen LogP contribution < -0.4 is 11.5 Å². The van der Waals surface area contributed by atoms with Crippen LogP contribution in [0, 0.1) is 0 Å². The molecule has 7 heteroatoms. The monoisotopic (exact) mass is 214 g/mol. The largest absolute Gasteiger partial charge is 0.507 e. The number of benzene rings is 1.